The molecule has 0 radical (unpaired) electrons. The molecule has 0 spiro atoms. The first-order valence-electron chi connectivity index (χ1n) is 11.7. The van der Waals surface area contributed by atoms with Crippen molar-refractivity contribution in [2.24, 2.45) is 16.8 Å². The molecule has 178 valence electrons. The highest BCUT2D eigenvalue weighted by Crippen LogP contribution is 2.47. The summed E-state index contributed by atoms with van der Waals surface area (Å²) in [7, 11) is 1.47. The number of phenols is 1. The number of hydrogen-bond acceptors (Lipinski definition) is 6. The number of carbonyl (C=O) groups is 2. The highest BCUT2D eigenvalue weighted by molar-refractivity contribution is 6.09. The minimum atomic E-state index is -0.719. The lowest BCUT2D eigenvalue weighted by Gasteiger charge is -2.36. The zero-order valence-electron chi connectivity index (χ0n) is 20.1. The Bertz CT molecular complexity index is 1150. The Morgan fingerprint density at radius 1 is 1.12 bits per heavy atom. The fraction of sp³-hybridized carbons (Fsp3) is 0.393. The average molecular weight is 462 g/mol. The van der Waals surface area contributed by atoms with E-state index in [0.717, 1.165) is 16.8 Å². The van der Waals surface area contributed by atoms with E-state index in [1.165, 1.54) is 13.2 Å². The summed E-state index contributed by atoms with van der Waals surface area (Å²) >= 11 is 0. The van der Waals surface area contributed by atoms with Gasteiger partial charge in [-0.05, 0) is 48.4 Å². The van der Waals surface area contributed by atoms with Crippen molar-refractivity contribution >= 4 is 17.5 Å². The minimum Gasteiger partial charge on any atom is -0.504 e. The Kier molecular flexibility index (Phi) is 6.87. The second kappa shape index (κ2) is 9.84. The monoisotopic (exact) mass is 461 g/mol. The van der Waals surface area contributed by atoms with Crippen LogP contribution in [0, 0.1) is 11.8 Å². The van der Waals surface area contributed by atoms with E-state index in [-0.39, 0.29) is 23.4 Å². The first-order chi connectivity index (χ1) is 16.3. The van der Waals surface area contributed by atoms with E-state index in [0.29, 0.717) is 36.5 Å². The number of ether oxygens (including phenoxy) is 2. The predicted octanol–water partition coefficient (Wildman–Crippen LogP) is 5.18. The Balaban J connectivity index is 1.80. The van der Waals surface area contributed by atoms with E-state index in [1.807, 2.05) is 51.1 Å². The number of methoxy groups -OCH3 is 1. The molecule has 0 fully saturated rings. The number of ketones is 1. The van der Waals surface area contributed by atoms with Gasteiger partial charge in [-0.1, -0.05) is 50.2 Å². The normalized spacial score (nSPS) is 22.3. The fourth-order valence-corrected chi connectivity index (χ4v) is 4.91. The van der Waals surface area contributed by atoms with Gasteiger partial charge in [-0.2, -0.15) is 0 Å². The summed E-state index contributed by atoms with van der Waals surface area (Å²) in [6, 6.07) is 15.0. The van der Waals surface area contributed by atoms with E-state index in [4.69, 9.17) is 14.5 Å². The van der Waals surface area contributed by atoms with Gasteiger partial charge < -0.3 is 14.6 Å². The van der Waals surface area contributed by atoms with Crippen molar-refractivity contribution in [1.29, 1.82) is 0 Å². The van der Waals surface area contributed by atoms with Gasteiger partial charge in [-0.25, -0.2) is 0 Å². The summed E-state index contributed by atoms with van der Waals surface area (Å²) in [5.74, 6) is -1.14. The molecule has 1 unspecified atom stereocenters. The second-order valence-electron chi connectivity index (χ2n) is 9.46. The molecule has 6 nitrogen and oxygen atoms in total. The average Bonchev–Trinajstić information content (AvgIpc) is 2.82. The minimum absolute atomic E-state index is 0.000279. The van der Waals surface area contributed by atoms with Crippen LogP contribution in [0.5, 0.6) is 11.5 Å². The molecule has 3 atom stereocenters. The zero-order valence-corrected chi connectivity index (χ0v) is 20.1. The van der Waals surface area contributed by atoms with Gasteiger partial charge in [0.1, 0.15) is 5.92 Å². The molecule has 4 rings (SSSR count). The first-order valence-corrected chi connectivity index (χ1v) is 11.7. The Labute approximate surface area is 200 Å². The standard InChI is InChI=1S/C28H31NO5/c1-16(2)15-34-28(32)25-17(3)29-21-12-20(18-8-6-5-7-9-18)13-23(31)27(21)26(25)19-10-11-22(30)24(14-19)33-4/h5-11,14,16,20,25-26,30H,12-13,15H2,1-4H3/t20-,25?,26+/m1/s1. The third-order valence-corrected chi connectivity index (χ3v) is 6.54. The van der Waals surface area contributed by atoms with Gasteiger partial charge >= 0.3 is 5.97 Å². The third-order valence-electron chi connectivity index (χ3n) is 6.54. The lowest BCUT2D eigenvalue weighted by molar-refractivity contribution is -0.147. The van der Waals surface area contributed by atoms with Crippen LogP contribution in [0.4, 0.5) is 0 Å². The number of nitrogens with zero attached hydrogens (tertiary/aromatic N) is 1. The van der Waals surface area contributed by atoms with Crippen LogP contribution in [0.1, 0.15) is 56.6 Å². The summed E-state index contributed by atoms with van der Waals surface area (Å²) in [5, 5.41) is 10.1. The molecule has 6 heteroatoms. The summed E-state index contributed by atoms with van der Waals surface area (Å²) < 4.78 is 10.9. The van der Waals surface area contributed by atoms with Gasteiger partial charge in [-0.15, -0.1) is 0 Å². The zero-order chi connectivity index (χ0) is 24.4. The van der Waals surface area contributed by atoms with Crippen molar-refractivity contribution in [3.63, 3.8) is 0 Å². The SMILES string of the molecule is COc1cc([C@@H]2C3=C(C[C@@H](c4ccccc4)CC3=O)N=C(C)C2C(=O)OCC(C)C)ccc1O. The van der Waals surface area contributed by atoms with E-state index in [1.54, 1.807) is 12.1 Å². The third kappa shape index (κ3) is 4.63. The van der Waals surface area contributed by atoms with Crippen LogP contribution in [-0.2, 0) is 14.3 Å². The number of hydrogen-bond donors (Lipinski definition) is 1. The molecule has 0 saturated heterocycles. The number of rotatable bonds is 6. The molecule has 34 heavy (non-hydrogen) atoms. The summed E-state index contributed by atoms with van der Waals surface area (Å²) in [6.45, 7) is 6.08. The van der Waals surface area contributed by atoms with Gasteiger partial charge in [0.05, 0.1) is 13.7 Å². The van der Waals surface area contributed by atoms with Gasteiger partial charge in [0.15, 0.2) is 17.3 Å². The quantitative estimate of drug-likeness (QED) is 0.600. The summed E-state index contributed by atoms with van der Waals surface area (Å²) in [5.41, 5.74) is 3.75. The van der Waals surface area contributed by atoms with Crippen molar-refractivity contribution in [3.8, 4) is 11.5 Å². The Morgan fingerprint density at radius 3 is 2.53 bits per heavy atom. The largest absolute Gasteiger partial charge is 0.504 e. The molecular weight excluding hydrogens is 430 g/mol. The van der Waals surface area contributed by atoms with Crippen LogP contribution < -0.4 is 4.74 Å². The van der Waals surface area contributed by atoms with Crippen LogP contribution >= 0.6 is 0 Å². The number of esters is 1. The molecule has 2 aromatic carbocycles. The van der Waals surface area contributed by atoms with Crippen LogP contribution in [-0.4, -0.2) is 36.3 Å². The number of carbonyl (C=O) groups excluding carboxylic acids is 2. The molecule has 2 aromatic rings. The van der Waals surface area contributed by atoms with Crippen molar-refractivity contribution in [1.82, 2.24) is 0 Å². The van der Waals surface area contributed by atoms with Crippen LogP contribution in [0.3, 0.4) is 0 Å². The highest BCUT2D eigenvalue weighted by Gasteiger charge is 2.45. The van der Waals surface area contributed by atoms with Crippen molar-refractivity contribution in [3.05, 3.63) is 70.9 Å². The van der Waals surface area contributed by atoms with Gasteiger partial charge in [0.2, 0.25) is 0 Å². The fourth-order valence-electron chi connectivity index (χ4n) is 4.91. The van der Waals surface area contributed by atoms with Gasteiger partial charge in [0.25, 0.3) is 0 Å². The molecule has 0 bridgehead atoms. The van der Waals surface area contributed by atoms with Crippen molar-refractivity contribution in [2.75, 3.05) is 13.7 Å². The molecule has 1 N–H and O–H groups in total. The smallest absolute Gasteiger partial charge is 0.315 e. The van der Waals surface area contributed by atoms with Gasteiger partial charge in [-0.3, -0.25) is 14.6 Å². The van der Waals surface area contributed by atoms with E-state index >= 15 is 0 Å². The van der Waals surface area contributed by atoms with E-state index in [9.17, 15) is 14.7 Å². The number of aliphatic imine (C=N–C) groups is 1. The van der Waals surface area contributed by atoms with Gasteiger partial charge in [0, 0.05) is 29.3 Å². The molecule has 0 aromatic heterocycles. The van der Waals surface area contributed by atoms with Crippen LogP contribution in [0.2, 0.25) is 0 Å². The Morgan fingerprint density at radius 2 is 1.85 bits per heavy atom. The number of phenolic OH excluding ortho intramolecular Hbond substituents is 1. The maximum absolute atomic E-state index is 13.6. The number of aromatic hydroxyl groups is 1. The summed E-state index contributed by atoms with van der Waals surface area (Å²) in [6.07, 6.45) is 0.985. The van der Waals surface area contributed by atoms with E-state index < -0.39 is 17.8 Å². The number of Topliss-reactive ketones (excluding diaryl/α,β-unsaturated/α-hetero) is 1. The van der Waals surface area contributed by atoms with E-state index in [2.05, 4.69) is 0 Å². The molecular formula is C28H31NO5. The lowest BCUT2D eigenvalue weighted by Crippen LogP contribution is -2.38. The molecule has 1 aliphatic carbocycles. The lowest BCUT2D eigenvalue weighted by atomic mass is 9.69. The van der Waals surface area contributed by atoms with Crippen molar-refractivity contribution < 1.29 is 24.2 Å². The number of allylic oxidation sites excluding steroid dienone is 2. The predicted molar refractivity (Wildman–Crippen MR) is 130 cm³/mol. The maximum Gasteiger partial charge on any atom is 0.315 e. The summed E-state index contributed by atoms with van der Waals surface area (Å²) in [4.78, 5) is 31.7. The van der Waals surface area contributed by atoms with Crippen molar-refractivity contribution in [2.45, 2.75) is 45.4 Å². The molecule has 2 aliphatic rings. The second-order valence-corrected chi connectivity index (χ2v) is 9.46. The van der Waals surface area contributed by atoms with Crippen LogP contribution in [0.15, 0.2) is 64.8 Å². The van der Waals surface area contributed by atoms with Crippen LogP contribution in [0.25, 0.3) is 0 Å². The molecule has 1 heterocycles. The molecule has 1 aliphatic heterocycles. The topological polar surface area (TPSA) is 85.2 Å². The maximum atomic E-state index is 13.6. The molecule has 0 saturated carbocycles. The Hall–Kier alpha value is -3.41. The highest BCUT2D eigenvalue weighted by atomic mass is 16.5. The number of benzene rings is 2. The molecule has 0 amide bonds. The first kappa shape index (κ1) is 23.7.